The van der Waals surface area contributed by atoms with Gasteiger partial charge in [0.15, 0.2) is 5.60 Å². The van der Waals surface area contributed by atoms with Crippen molar-refractivity contribution in [2.75, 3.05) is 5.32 Å². The van der Waals surface area contributed by atoms with E-state index in [0.29, 0.717) is 11.4 Å². The van der Waals surface area contributed by atoms with Crippen molar-refractivity contribution in [1.82, 2.24) is 10.2 Å². The molecule has 0 saturated carbocycles. The van der Waals surface area contributed by atoms with Gasteiger partial charge in [0.1, 0.15) is 11.6 Å². The van der Waals surface area contributed by atoms with Crippen LogP contribution in [-0.4, -0.2) is 21.7 Å². The average molecular weight is 313 g/mol. The highest BCUT2D eigenvalue weighted by Gasteiger charge is 2.30. The standard InChI is InChI=1S/C17H16FN3O2/c1-17(2,23-14-6-3-12(18)4-7-14)16(22)20-13-5-8-15-11(9-13)10-19-21-15/h3-10H,1-2H3,(H,19,21)(H,20,22). The highest BCUT2D eigenvalue weighted by molar-refractivity contribution is 5.98. The lowest BCUT2D eigenvalue weighted by Gasteiger charge is -2.25. The maximum atomic E-state index is 12.9. The number of rotatable bonds is 4. The number of nitrogens with one attached hydrogen (secondary N) is 2. The second-order valence-corrected chi connectivity index (χ2v) is 5.69. The zero-order valence-corrected chi connectivity index (χ0v) is 12.8. The molecule has 2 aromatic carbocycles. The number of anilines is 1. The van der Waals surface area contributed by atoms with Gasteiger partial charge in [-0.15, -0.1) is 0 Å². The van der Waals surface area contributed by atoms with Crippen LogP contribution in [0.1, 0.15) is 13.8 Å². The van der Waals surface area contributed by atoms with E-state index in [1.165, 1.54) is 24.3 Å². The van der Waals surface area contributed by atoms with Crippen LogP contribution in [0.3, 0.4) is 0 Å². The number of benzene rings is 2. The molecular weight excluding hydrogens is 297 g/mol. The Balaban J connectivity index is 1.73. The van der Waals surface area contributed by atoms with E-state index >= 15 is 0 Å². The normalized spacial score (nSPS) is 11.4. The number of carbonyl (C=O) groups is 1. The van der Waals surface area contributed by atoms with Crippen molar-refractivity contribution in [2.24, 2.45) is 0 Å². The van der Waals surface area contributed by atoms with Crippen LogP contribution < -0.4 is 10.1 Å². The molecule has 0 aliphatic heterocycles. The predicted octanol–water partition coefficient (Wildman–Crippen LogP) is 3.50. The van der Waals surface area contributed by atoms with E-state index in [4.69, 9.17) is 4.74 Å². The predicted molar refractivity (Wildman–Crippen MR) is 85.8 cm³/mol. The molecule has 0 aliphatic rings. The number of carbonyl (C=O) groups excluding carboxylic acids is 1. The van der Waals surface area contributed by atoms with E-state index in [1.807, 2.05) is 12.1 Å². The van der Waals surface area contributed by atoms with Gasteiger partial charge in [0, 0.05) is 11.1 Å². The molecule has 2 N–H and O–H groups in total. The number of aromatic amines is 1. The van der Waals surface area contributed by atoms with E-state index in [2.05, 4.69) is 15.5 Å². The molecule has 0 saturated heterocycles. The summed E-state index contributed by atoms with van der Waals surface area (Å²) in [6.07, 6.45) is 1.69. The van der Waals surface area contributed by atoms with Crippen LogP contribution >= 0.6 is 0 Å². The summed E-state index contributed by atoms with van der Waals surface area (Å²) in [4.78, 5) is 12.4. The van der Waals surface area contributed by atoms with Crippen molar-refractivity contribution in [3.05, 3.63) is 54.5 Å². The Morgan fingerprint density at radius 2 is 1.96 bits per heavy atom. The van der Waals surface area contributed by atoms with E-state index in [-0.39, 0.29) is 11.7 Å². The van der Waals surface area contributed by atoms with Crippen LogP contribution in [0, 0.1) is 5.82 Å². The first-order valence-electron chi connectivity index (χ1n) is 7.13. The summed E-state index contributed by atoms with van der Waals surface area (Å²) in [6.45, 7) is 3.31. The molecule has 1 amide bonds. The van der Waals surface area contributed by atoms with Gasteiger partial charge in [0.25, 0.3) is 5.91 Å². The number of fused-ring (bicyclic) bond motifs is 1. The Bertz CT molecular complexity index is 840. The fourth-order valence-electron chi connectivity index (χ4n) is 2.15. The number of H-pyrrole nitrogens is 1. The molecule has 0 aliphatic carbocycles. The maximum absolute atomic E-state index is 12.9. The number of nitrogens with zero attached hydrogens (tertiary/aromatic N) is 1. The van der Waals surface area contributed by atoms with Gasteiger partial charge in [-0.05, 0) is 56.3 Å². The largest absolute Gasteiger partial charge is 0.478 e. The second kappa shape index (κ2) is 5.72. The van der Waals surface area contributed by atoms with E-state index < -0.39 is 5.60 Å². The number of amides is 1. The lowest BCUT2D eigenvalue weighted by atomic mass is 10.1. The fourth-order valence-corrected chi connectivity index (χ4v) is 2.15. The maximum Gasteiger partial charge on any atom is 0.267 e. The molecule has 5 nitrogen and oxygen atoms in total. The zero-order valence-electron chi connectivity index (χ0n) is 12.8. The van der Waals surface area contributed by atoms with Gasteiger partial charge in [-0.25, -0.2) is 4.39 Å². The summed E-state index contributed by atoms with van der Waals surface area (Å²) in [5.41, 5.74) is 0.438. The molecule has 6 heteroatoms. The SMILES string of the molecule is CC(C)(Oc1ccc(F)cc1)C(=O)Nc1ccc2[nH]ncc2c1. The van der Waals surface area contributed by atoms with Crippen LogP contribution in [0.15, 0.2) is 48.7 Å². The monoisotopic (exact) mass is 313 g/mol. The minimum absolute atomic E-state index is 0.301. The Morgan fingerprint density at radius 1 is 1.22 bits per heavy atom. The van der Waals surface area contributed by atoms with Gasteiger partial charge in [-0.3, -0.25) is 9.89 Å². The average Bonchev–Trinajstić information content (AvgIpc) is 2.97. The number of hydrogen-bond acceptors (Lipinski definition) is 3. The van der Waals surface area contributed by atoms with Crippen molar-refractivity contribution < 1.29 is 13.9 Å². The molecule has 0 atom stereocenters. The van der Waals surface area contributed by atoms with Gasteiger partial charge >= 0.3 is 0 Å². The summed E-state index contributed by atoms with van der Waals surface area (Å²) in [7, 11) is 0. The molecule has 0 spiro atoms. The van der Waals surface area contributed by atoms with Gasteiger partial charge in [0.05, 0.1) is 11.7 Å². The number of ether oxygens (including phenoxy) is 1. The van der Waals surface area contributed by atoms with Crippen molar-refractivity contribution in [2.45, 2.75) is 19.4 Å². The molecule has 23 heavy (non-hydrogen) atoms. The summed E-state index contributed by atoms with van der Waals surface area (Å²) < 4.78 is 18.6. The lowest BCUT2D eigenvalue weighted by molar-refractivity contribution is -0.128. The third-order valence-corrected chi connectivity index (χ3v) is 3.43. The van der Waals surface area contributed by atoms with Gasteiger partial charge in [-0.2, -0.15) is 5.10 Å². The van der Waals surface area contributed by atoms with Crippen LogP contribution in [0.5, 0.6) is 5.75 Å². The van der Waals surface area contributed by atoms with Gasteiger partial charge in [0.2, 0.25) is 0 Å². The van der Waals surface area contributed by atoms with Crippen LogP contribution in [0.4, 0.5) is 10.1 Å². The molecule has 1 aromatic heterocycles. The molecule has 0 unspecified atom stereocenters. The Hall–Kier alpha value is -2.89. The van der Waals surface area contributed by atoms with Crippen molar-refractivity contribution >= 4 is 22.5 Å². The molecule has 118 valence electrons. The Labute approximate surface area is 132 Å². The summed E-state index contributed by atoms with van der Waals surface area (Å²) >= 11 is 0. The molecular formula is C17H16FN3O2. The van der Waals surface area contributed by atoms with Crippen LogP contribution in [0.25, 0.3) is 10.9 Å². The first-order chi connectivity index (χ1) is 10.9. The Morgan fingerprint density at radius 3 is 2.70 bits per heavy atom. The summed E-state index contributed by atoms with van der Waals surface area (Å²) in [5, 5.41) is 10.5. The van der Waals surface area contributed by atoms with Gasteiger partial charge in [-0.1, -0.05) is 0 Å². The zero-order chi connectivity index (χ0) is 16.4. The summed E-state index contributed by atoms with van der Waals surface area (Å²) in [6, 6.07) is 11.0. The highest BCUT2D eigenvalue weighted by atomic mass is 19.1. The minimum atomic E-state index is -1.11. The Kier molecular flexibility index (Phi) is 3.73. The second-order valence-electron chi connectivity index (χ2n) is 5.69. The van der Waals surface area contributed by atoms with Crippen molar-refractivity contribution in [3.63, 3.8) is 0 Å². The van der Waals surface area contributed by atoms with E-state index in [9.17, 15) is 9.18 Å². The topological polar surface area (TPSA) is 67.0 Å². The minimum Gasteiger partial charge on any atom is -0.478 e. The molecule has 0 bridgehead atoms. The van der Waals surface area contributed by atoms with Gasteiger partial charge < -0.3 is 10.1 Å². The quantitative estimate of drug-likeness (QED) is 0.774. The molecule has 0 radical (unpaired) electrons. The third-order valence-electron chi connectivity index (χ3n) is 3.43. The molecule has 3 aromatic rings. The van der Waals surface area contributed by atoms with Crippen molar-refractivity contribution in [1.29, 1.82) is 0 Å². The summed E-state index contributed by atoms with van der Waals surface area (Å²) in [5.74, 6) is -0.227. The third kappa shape index (κ3) is 3.31. The van der Waals surface area contributed by atoms with E-state index in [0.717, 1.165) is 10.9 Å². The molecule has 0 fully saturated rings. The number of halogens is 1. The smallest absolute Gasteiger partial charge is 0.267 e. The first kappa shape index (κ1) is 15.0. The van der Waals surface area contributed by atoms with Crippen molar-refractivity contribution in [3.8, 4) is 5.75 Å². The molecule has 1 heterocycles. The number of aromatic nitrogens is 2. The number of hydrogen-bond donors (Lipinski definition) is 2. The first-order valence-corrected chi connectivity index (χ1v) is 7.13. The molecule has 3 rings (SSSR count). The fraction of sp³-hybridized carbons (Fsp3) is 0.176. The van der Waals surface area contributed by atoms with E-state index in [1.54, 1.807) is 26.1 Å². The van der Waals surface area contributed by atoms with Crippen LogP contribution in [-0.2, 0) is 4.79 Å². The lowest BCUT2D eigenvalue weighted by Crippen LogP contribution is -2.42. The van der Waals surface area contributed by atoms with Crippen LogP contribution in [0.2, 0.25) is 0 Å². The highest BCUT2D eigenvalue weighted by Crippen LogP contribution is 2.22.